The summed E-state index contributed by atoms with van der Waals surface area (Å²) in [6, 6.07) is 17.2. The van der Waals surface area contributed by atoms with Gasteiger partial charge >= 0.3 is 6.03 Å². The van der Waals surface area contributed by atoms with E-state index in [1.807, 2.05) is 61.2 Å². The van der Waals surface area contributed by atoms with Crippen molar-refractivity contribution in [2.24, 2.45) is 0 Å². The third-order valence-corrected chi connectivity index (χ3v) is 5.57. The van der Waals surface area contributed by atoms with Crippen LogP contribution in [0, 0.1) is 0 Å². The quantitative estimate of drug-likeness (QED) is 0.756. The molecule has 6 heteroatoms. The summed E-state index contributed by atoms with van der Waals surface area (Å²) < 4.78 is 0. The molecule has 0 radical (unpaired) electrons. The summed E-state index contributed by atoms with van der Waals surface area (Å²) in [5.41, 5.74) is 2.15. The van der Waals surface area contributed by atoms with Crippen molar-refractivity contribution in [1.29, 1.82) is 0 Å². The first-order chi connectivity index (χ1) is 12.7. The van der Waals surface area contributed by atoms with Gasteiger partial charge in [-0.1, -0.05) is 48.5 Å². The summed E-state index contributed by atoms with van der Waals surface area (Å²) in [5.74, 6) is 0.732. The fraction of sp³-hybridized carbons (Fsp3) is 0.300. The number of carbonyl (C=O) groups excluding carboxylic acids is 2. The zero-order chi connectivity index (χ0) is 18.4. The van der Waals surface area contributed by atoms with Crippen LogP contribution in [0.25, 0.3) is 0 Å². The van der Waals surface area contributed by atoms with E-state index >= 15 is 0 Å². The SMILES string of the molecule is CCNC(=O)NC(=O)[C@H]([NH2+][C@@H]1CCSc2ccccc21)c1ccccc1. The summed E-state index contributed by atoms with van der Waals surface area (Å²) in [6.07, 6.45) is 0.986. The molecule has 2 aromatic rings. The lowest BCUT2D eigenvalue weighted by molar-refractivity contribution is -0.723. The predicted octanol–water partition coefficient (Wildman–Crippen LogP) is 2.37. The third kappa shape index (κ3) is 4.45. The molecular formula is C20H24N3O2S+. The van der Waals surface area contributed by atoms with Gasteiger partial charge in [0.15, 0.2) is 6.04 Å². The average Bonchev–Trinajstić information content (AvgIpc) is 2.67. The minimum absolute atomic E-state index is 0.192. The summed E-state index contributed by atoms with van der Waals surface area (Å²) in [7, 11) is 0. The molecule has 4 N–H and O–H groups in total. The maximum atomic E-state index is 12.8. The molecule has 0 fully saturated rings. The number of thioether (sulfide) groups is 1. The van der Waals surface area contributed by atoms with E-state index < -0.39 is 12.1 Å². The number of carbonyl (C=O) groups is 2. The molecule has 3 amide bonds. The van der Waals surface area contributed by atoms with Crippen LogP contribution in [-0.2, 0) is 4.79 Å². The molecule has 0 aliphatic carbocycles. The molecule has 26 heavy (non-hydrogen) atoms. The molecule has 1 aliphatic heterocycles. The van der Waals surface area contributed by atoms with Gasteiger partial charge in [-0.3, -0.25) is 10.1 Å². The molecule has 0 spiro atoms. The molecule has 0 saturated carbocycles. The van der Waals surface area contributed by atoms with Crippen LogP contribution < -0.4 is 16.0 Å². The van der Waals surface area contributed by atoms with Crippen LogP contribution in [-0.4, -0.2) is 24.2 Å². The molecule has 136 valence electrons. The number of imide groups is 1. The molecule has 3 rings (SSSR count). The Hall–Kier alpha value is -2.31. The topological polar surface area (TPSA) is 74.8 Å². The highest BCUT2D eigenvalue weighted by Gasteiger charge is 2.32. The number of fused-ring (bicyclic) bond motifs is 1. The molecule has 2 atom stereocenters. The van der Waals surface area contributed by atoms with Crippen molar-refractivity contribution in [1.82, 2.24) is 10.6 Å². The molecule has 5 nitrogen and oxygen atoms in total. The van der Waals surface area contributed by atoms with Crippen molar-refractivity contribution in [2.75, 3.05) is 12.3 Å². The molecule has 2 aromatic carbocycles. The fourth-order valence-electron chi connectivity index (χ4n) is 3.21. The maximum Gasteiger partial charge on any atom is 0.321 e. The van der Waals surface area contributed by atoms with Crippen LogP contribution >= 0.6 is 11.8 Å². The van der Waals surface area contributed by atoms with Gasteiger partial charge in [-0.25, -0.2) is 4.79 Å². The zero-order valence-corrected chi connectivity index (χ0v) is 15.6. The van der Waals surface area contributed by atoms with Gasteiger partial charge in [0.1, 0.15) is 6.04 Å². The highest BCUT2D eigenvalue weighted by Crippen LogP contribution is 2.34. The van der Waals surface area contributed by atoms with Gasteiger partial charge in [0.25, 0.3) is 5.91 Å². The summed E-state index contributed by atoms with van der Waals surface area (Å²) in [6.45, 7) is 2.30. The first-order valence-corrected chi connectivity index (χ1v) is 9.88. The van der Waals surface area contributed by atoms with Gasteiger partial charge in [0, 0.05) is 34.7 Å². The first-order valence-electron chi connectivity index (χ1n) is 8.89. The molecule has 0 bridgehead atoms. The third-order valence-electron chi connectivity index (χ3n) is 4.44. The van der Waals surface area contributed by atoms with Crippen molar-refractivity contribution >= 4 is 23.7 Å². The van der Waals surface area contributed by atoms with E-state index in [2.05, 4.69) is 28.1 Å². The van der Waals surface area contributed by atoms with Crippen LogP contribution in [0.3, 0.4) is 0 Å². The van der Waals surface area contributed by atoms with Crippen molar-refractivity contribution in [3.05, 3.63) is 65.7 Å². The van der Waals surface area contributed by atoms with E-state index in [4.69, 9.17) is 0 Å². The number of nitrogens with two attached hydrogens (primary N) is 1. The highest BCUT2D eigenvalue weighted by atomic mass is 32.2. The standard InChI is InChI=1S/C20H23N3O2S/c1-2-21-20(25)23-19(24)18(14-8-4-3-5-9-14)22-16-12-13-26-17-11-7-6-10-15(16)17/h3-11,16,18,22H,2,12-13H2,1H3,(H2,21,23,24,25)/p+1/t16-,18-/m1/s1. The Morgan fingerprint density at radius 3 is 2.65 bits per heavy atom. The molecule has 1 aliphatic rings. The molecule has 0 aromatic heterocycles. The Kier molecular flexibility index (Phi) is 6.30. The number of benzene rings is 2. The first kappa shape index (κ1) is 18.5. The van der Waals surface area contributed by atoms with E-state index in [1.165, 1.54) is 10.5 Å². The smallest absolute Gasteiger partial charge is 0.321 e. The minimum atomic E-state index is -0.472. The molecule has 0 saturated heterocycles. The Labute approximate surface area is 157 Å². The number of nitrogens with one attached hydrogen (secondary N) is 2. The van der Waals surface area contributed by atoms with Crippen molar-refractivity contribution < 1.29 is 14.9 Å². The van der Waals surface area contributed by atoms with Crippen molar-refractivity contribution in [3.63, 3.8) is 0 Å². The van der Waals surface area contributed by atoms with Gasteiger partial charge in [0.2, 0.25) is 0 Å². The summed E-state index contributed by atoms with van der Waals surface area (Å²) in [5, 5.41) is 7.17. The summed E-state index contributed by atoms with van der Waals surface area (Å²) in [4.78, 5) is 25.9. The van der Waals surface area contributed by atoms with E-state index in [9.17, 15) is 9.59 Å². The second-order valence-corrected chi connectivity index (χ2v) is 7.35. The predicted molar refractivity (Wildman–Crippen MR) is 103 cm³/mol. The van der Waals surface area contributed by atoms with Gasteiger partial charge < -0.3 is 10.6 Å². The maximum absolute atomic E-state index is 12.8. The van der Waals surface area contributed by atoms with Crippen molar-refractivity contribution in [3.8, 4) is 0 Å². The van der Waals surface area contributed by atoms with Gasteiger partial charge in [-0.05, 0) is 13.0 Å². The molecular weight excluding hydrogens is 346 g/mol. The largest absolute Gasteiger partial charge is 0.338 e. The lowest BCUT2D eigenvalue weighted by atomic mass is 9.99. The number of amides is 3. The average molecular weight is 370 g/mol. The lowest BCUT2D eigenvalue weighted by Gasteiger charge is -2.27. The molecule has 1 heterocycles. The van der Waals surface area contributed by atoms with Crippen LogP contribution in [0.2, 0.25) is 0 Å². The number of hydrogen-bond donors (Lipinski definition) is 3. The van der Waals surface area contributed by atoms with E-state index in [1.54, 1.807) is 0 Å². The van der Waals surface area contributed by atoms with Gasteiger partial charge in [0.05, 0.1) is 0 Å². The zero-order valence-electron chi connectivity index (χ0n) is 14.8. The van der Waals surface area contributed by atoms with E-state index in [0.29, 0.717) is 6.54 Å². The monoisotopic (exact) mass is 370 g/mol. The van der Waals surface area contributed by atoms with Gasteiger partial charge in [-0.15, -0.1) is 11.8 Å². The van der Waals surface area contributed by atoms with Crippen LogP contribution in [0.4, 0.5) is 4.79 Å². The number of quaternary nitrogens is 1. The fourth-order valence-corrected chi connectivity index (χ4v) is 4.36. The Morgan fingerprint density at radius 1 is 1.15 bits per heavy atom. The van der Waals surface area contributed by atoms with Gasteiger partial charge in [-0.2, -0.15) is 0 Å². The van der Waals surface area contributed by atoms with E-state index in [0.717, 1.165) is 17.7 Å². The summed E-state index contributed by atoms with van der Waals surface area (Å²) >= 11 is 1.86. The van der Waals surface area contributed by atoms with Crippen LogP contribution in [0.5, 0.6) is 0 Å². The van der Waals surface area contributed by atoms with Crippen molar-refractivity contribution in [2.45, 2.75) is 30.3 Å². The van der Waals surface area contributed by atoms with E-state index in [-0.39, 0.29) is 11.9 Å². The number of hydrogen-bond acceptors (Lipinski definition) is 3. The number of rotatable bonds is 5. The minimum Gasteiger partial charge on any atom is -0.338 e. The Morgan fingerprint density at radius 2 is 1.88 bits per heavy atom. The normalized spacial score (nSPS) is 17.0. The molecule has 0 unspecified atom stereocenters. The second kappa shape index (κ2) is 8.87. The van der Waals surface area contributed by atoms with Crippen LogP contribution in [0.1, 0.15) is 36.6 Å². The van der Waals surface area contributed by atoms with Crippen LogP contribution in [0.15, 0.2) is 59.5 Å². The Balaban J connectivity index is 1.83. The highest BCUT2D eigenvalue weighted by molar-refractivity contribution is 7.99. The second-order valence-electron chi connectivity index (χ2n) is 6.21. The Bertz CT molecular complexity index is 767. The number of urea groups is 1. The lowest BCUT2D eigenvalue weighted by Crippen LogP contribution is -2.89.